The lowest BCUT2D eigenvalue weighted by molar-refractivity contribution is 0.357. The fourth-order valence-electron chi connectivity index (χ4n) is 3.24. The lowest BCUT2D eigenvalue weighted by Crippen LogP contribution is -2.29. The summed E-state index contributed by atoms with van der Waals surface area (Å²) in [5.41, 5.74) is 2.12. The van der Waals surface area contributed by atoms with Gasteiger partial charge in [-0.3, -0.25) is 0 Å². The number of halogens is 1. The second-order valence-electron chi connectivity index (χ2n) is 6.50. The highest BCUT2D eigenvalue weighted by molar-refractivity contribution is 7.13. The van der Waals surface area contributed by atoms with E-state index in [1.54, 1.807) is 6.07 Å². The number of ether oxygens (including phenoxy) is 1. The number of rotatable bonds is 4. The average molecular weight is 385 g/mol. The van der Waals surface area contributed by atoms with Crippen LogP contribution in [0.25, 0.3) is 21.8 Å². The molecule has 1 N–H and O–H groups in total. The summed E-state index contributed by atoms with van der Waals surface area (Å²) < 4.78 is 18.9. The van der Waals surface area contributed by atoms with Crippen LogP contribution in [0.2, 0.25) is 0 Å². The zero-order valence-electron chi connectivity index (χ0n) is 15.0. The van der Waals surface area contributed by atoms with Gasteiger partial charge in [-0.2, -0.15) is 0 Å². The van der Waals surface area contributed by atoms with Gasteiger partial charge in [0.15, 0.2) is 17.3 Å². The maximum Gasteiger partial charge on any atom is 0.194 e. The molecule has 4 rings (SSSR count). The zero-order valence-corrected chi connectivity index (χ0v) is 15.8. The molecule has 0 bridgehead atoms. The Morgan fingerprint density at radius 2 is 1.96 bits per heavy atom. The minimum atomic E-state index is -0.730. The molecule has 3 heterocycles. The van der Waals surface area contributed by atoms with E-state index in [0.29, 0.717) is 11.3 Å². The minimum Gasteiger partial charge on any atom is -0.502 e. The lowest BCUT2D eigenvalue weighted by atomic mass is 10.1. The number of nitrogens with zero attached hydrogens (tertiary/aromatic N) is 3. The number of anilines is 1. The van der Waals surface area contributed by atoms with Gasteiger partial charge in [0.2, 0.25) is 0 Å². The molecule has 27 heavy (non-hydrogen) atoms. The SMILES string of the molecule is COc1cc(-c2csc(-c3ccc(N4CCCCC4)nc3)n2)cc(F)c1O. The Bertz CT molecular complexity index is 937. The molecule has 1 aliphatic heterocycles. The third kappa shape index (κ3) is 3.60. The Morgan fingerprint density at radius 1 is 1.15 bits per heavy atom. The number of hydrogen-bond donors (Lipinski definition) is 1. The van der Waals surface area contributed by atoms with E-state index < -0.39 is 11.6 Å². The van der Waals surface area contributed by atoms with Gasteiger partial charge in [-0.1, -0.05) is 0 Å². The van der Waals surface area contributed by atoms with Crippen LogP contribution >= 0.6 is 11.3 Å². The van der Waals surface area contributed by atoms with Crippen molar-refractivity contribution in [3.63, 3.8) is 0 Å². The van der Waals surface area contributed by atoms with Crippen molar-refractivity contribution >= 4 is 17.2 Å². The lowest BCUT2D eigenvalue weighted by Gasteiger charge is -2.27. The Labute approximate surface area is 161 Å². The Balaban J connectivity index is 1.58. The third-order valence-corrected chi connectivity index (χ3v) is 5.61. The molecule has 1 fully saturated rings. The van der Waals surface area contributed by atoms with Gasteiger partial charge >= 0.3 is 0 Å². The molecule has 5 nitrogen and oxygen atoms in total. The molecule has 0 radical (unpaired) electrons. The van der Waals surface area contributed by atoms with Gasteiger partial charge in [-0.05, 0) is 43.5 Å². The number of benzene rings is 1. The maximum absolute atomic E-state index is 13.9. The van der Waals surface area contributed by atoms with E-state index in [2.05, 4.69) is 14.9 Å². The molecule has 0 atom stereocenters. The van der Waals surface area contributed by atoms with Gasteiger partial charge in [0.25, 0.3) is 0 Å². The van der Waals surface area contributed by atoms with E-state index >= 15 is 0 Å². The number of thiazole rings is 1. The summed E-state index contributed by atoms with van der Waals surface area (Å²) in [5.74, 6) is -0.131. The fourth-order valence-corrected chi connectivity index (χ4v) is 4.06. The van der Waals surface area contributed by atoms with Crippen molar-refractivity contribution in [1.29, 1.82) is 0 Å². The first-order valence-corrected chi connectivity index (χ1v) is 9.77. The first-order chi connectivity index (χ1) is 13.2. The molecule has 3 aromatic rings. The molecule has 2 aromatic heterocycles. The fraction of sp³-hybridized carbons (Fsp3) is 0.300. The summed E-state index contributed by atoms with van der Waals surface area (Å²) in [6.45, 7) is 2.12. The highest BCUT2D eigenvalue weighted by Gasteiger charge is 2.15. The number of phenols is 1. The number of piperidine rings is 1. The molecule has 1 aromatic carbocycles. The van der Waals surface area contributed by atoms with Crippen molar-refractivity contribution in [2.24, 2.45) is 0 Å². The summed E-state index contributed by atoms with van der Waals surface area (Å²) in [7, 11) is 1.39. The molecule has 0 aliphatic carbocycles. The van der Waals surface area contributed by atoms with Gasteiger partial charge in [0.05, 0.1) is 12.8 Å². The molecule has 0 amide bonds. The van der Waals surface area contributed by atoms with Gasteiger partial charge < -0.3 is 14.7 Å². The molecule has 7 heteroatoms. The van der Waals surface area contributed by atoms with E-state index in [-0.39, 0.29) is 5.75 Å². The monoisotopic (exact) mass is 385 g/mol. The van der Waals surface area contributed by atoms with Crippen LogP contribution in [0, 0.1) is 5.82 Å². The number of hydrogen-bond acceptors (Lipinski definition) is 6. The van der Waals surface area contributed by atoms with Crippen LogP contribution < -0.4 is 9.64 Å². The highest BCUT2D eigenvalue weighted by atomic mass is 32.1. The van der Waals surface area contributed by atoms with Crippen LogP contribution in [0.5, 0.6) is 11.5 Å². The van der Waals surface area contributed by atoms with Gasteiger partial charge in [0, 0.05) is 35.8 Å². The summed E-state index contributed by atoms with van der Waals surface area (Å²) >= 11 is 1.47. The standard InChI is InChI=1S/C20H20FN3O2S/c1-26-17-10-14(9-15(21)19(17)25)16-12-27-20(23-16)13-5-6-18(22-11-13)24-7-3-2-4-8-24/h5-6,9-12,25H,2-4,7-8H2,1H3. The molecule has 140 valence electrons. The first-order valence-electron chi connectivity index (χ1n) is 8.89. The second kappa shape index (κ2) is 7.52. The van der Waals surface area contributed by atoms with E-state index in [4.69, 9.17) is 4.74 Å². The Morgan fingerprint density at radius 3 is 2.67 bits per heavy atom. The number of aromatic hydroxyl groups is 1. The largest absolute Gasteiger partial charge is 0.502 e. The highest BCUT2D eigenvalue weighted by Crippen LogP contribution is 2.36. The van der Waals surface area contributed by atoms with Crippen LogP contribution in [-0.4, -0.2) is 35.3 Å². The van der Waals surface area contributed by atoms with E-state index in [1.165, 1.54) is 43.8 Å². The quantitative estimate of drug-likeness (QED) is 0.704. The Hall–Kier alpha value is -2.67. The van der Waals surface area contributed by atoms with Crippen LogP contribution in [0.15, 0.2) is 35.8 Å². The van der Waals surface area contributed by atoms with Crippen LogP contribution in [0.3, 0.4) is 0 Å². The third-order valence-electron chi connectivity index (χ3n) is 4.72. The molecule has 0 unspecified atom stereocenters. The summed E-state index contributed by atoms with van der Waals surface area (Å²) in [6, 6.07) is 6.89. The second-order valence-corrected chi connectivity index (χ2v) is 7.36. The topological polar surface area (TPSA) is 58.5 Å². The molecule has 1 aliphatic rings. The van der Waals surface area contributed by atoms with Gasteiger partial charge in [-0.25, -0.2) is 14.4 Å². The van der Waals surface area contributed by atoms with Crippen LogP contribution in [-0.2, 0) is 0 Å². The number of methoxy groups -OCH3 is 1. The van der Waals surface area contributed by atoms with E-state index in [0.717, 1.165) is 29.5 Å². The molecule has 0 saturated carbocycles. The summed E-state index contributed by atoms with van der Waals surface area (Å²) in [6.07, 6.45) is 5.56. The summed E-state index contributed by atoms with van der Waals surface area (Å²) in [5, 5.41) is 12.3. The first kappa shape index (κ1) is 17.7. The molecule has 1 saturated heterocycles. The van der Waals surface area contributed by atoms with Crippen LogP contribution in [0.1, 0.15) is 19.3 Å². The number of pyridine rings is 1. The average Bonchev–Trinajstić information content (AvgIpc) is 3.21. The molecular formula is C20H20FN3O2S. The van der Waals surface area contributed by atoms with Crippen molar-refractivity contribution < 1.29 is 14.2 Å². The van der Waals surface area contributed by atoms with Crippen molar-refractivity contribution in [2.45, 2.75) is 19.3 Å². The zero-order chi connectivity index (χ0) is 18.8. The normalized spacial score (nSPS) is 14.4. The van der Waals surface area contributed by atoms with Gasteiger partial charge in [0.1, 0.15) is 10.8 Å². The van der Waals surface area contributed by atoms with Crippen molar-refractivity contribution in [2.75, 3.05) is 25.1 Å². The number of phenolic OH excluding ortho intramolecular Hbond substituents is 1. The van der Waals surface area contributed by atoms with Crippen molar-refractivity contribution in [3.05, 3.63) is 41.7 Å². The number of aromatic nitrogens is 2. The van der Waals surface area contributed by atoms with Crippen LogP contribution in [0.4, 0.5) is 10.2 Å². The van der Waals surface area contributed by atoms with Gasteiger partial charge in [-0.15, -0.1) is 11.3 Å². The van der Waals surface area contributed by atoms with E-state index in [1.807, 2.05) is 23.7 Å². The predicted molar refractivity (Wildman–Crippen MR) is 105 cm³/mol. The smallest absolute Gasteiger partial charge is 0.194 e. The minimum absolute atomic E-state index is 0.0899. The van der Waals surface area contributed by atoms with E-state index in [9.17, 15) is 9.50 Å². The molecular weight excluding hydrogens is 365 g/mol. The maximum atomic E-state index is 13.9. The van der Waals surface area contributed by atoms with Crippen molar-refractivity contribution in [1.82, 2.24) is 9.97 Å². The Kier molecular flexibility index (Phi) is 4.94. The predicted octanol–water partition coefficient (Wildman–Crippen LogP) is 4.72. The van der Waals surface area contributed by atoms with Crippen molar-refractivity contribution in [3.8, 4) is 33.3 Å². The molecule has 0 spiro atoms. The summed E-state index contributed by atoms with van der Waals surface area (Å²) in [4.78, 5) is 11.5.